The zero-order valence-electron chi connectivity index (χ0n) is 18.4. The maximum Gasteiger partial charge on any atom is 0.112 e. The third-order valence-corrected chi connectivity index (χ3v) is 6.18. The summed E-state index contributed by atoms with van der Waals surface area (Å²) in [6.07, 6.45) is 27.2. The highest BCUT2D eigenvalue weighted by molar-refractivity contribution is 5.34. The van der Waals surface area contributed by atoms with E-state index in [2.05, 4.69) is 6.92 Å². The quantitative estimate of drug-likeness (QED) is 0.278. The van der Waals surface area contributed by atoms with Crippen LogP contribution in [0.4, 0.5) is 0 Å². The molecule has 0 aromatic carbocycles. The van der Waals surface area contributed by atoms with Crippen LogP contribution in [0.15, 0.2) is 23.8 Å². The molecule has 2 heteroatoms. The van der Waals surface area contributed by atoms with Gasteiger partial charge in [0.25, 0.3) is 0 Å². The van der Waals surface area contributed by atoms with Crippen LogP contribution in [0.25, 0.3) is 0 Å². The molecule has 0 bridgehead atoms. The highest BCUT2D eigenvalue weighted by Crippen LogP contribution is 2.32. The molecule has 1 aliphatic rings. The highest BCUT2D eigenvalue weighted by atomic mass is 16.4. The fraction of sp³-hybridized carbons (Fsp3) is 0.840. The lowest BCUT2D eigenvalue weighted by Crippen LogP contribution is -2.48. The van der Waals surface area contributed by atoms with Crippen LogP contribution in [0.5, 0.6) is 0 Å². The molecule has 0 spiro atoms. The van der Waals surface area contributed by atoms with E-state index in [9.17, 15) is 10.2 Å². The van der Waals surface area contributed by atoms with Crippen LogP contribution in [-0.2, 0) is 0 Å². The van der Waals surface area contributed by atoms with Gasteiger partial charge in [-0.25, -0.2) is 0 Å². The summed E-state index contributed by atoms with van der Waals surface area (Å²) >= 11 is 0. The Kier molecular flexibility index (Phi) is 12.3. The summed E-state index contributed by atoms with van der Waals surface area (Å²) in [5.74, 6) is 0. The van der Waals surface area contributed by atoms with E-state index in [0.29, 0.717) is 0 Å². The van der Waals surface area contributed by atoms with Gasteiger partial charge in [0.05, 0.1) is 0 Å². The predicted molar refractivity (Wildman–Crippen MR) is 118 cm³/mol. The normalized spacial score (nSPS) is 25.0. The summed E-state index contributed by atoms with van der Waals surface area (Å²) in [7, 11) is 0. The topological polar surface area (TPSA) is 40.5 Å². The summed E-state index contributed by atoms with van der Waals surface area (Å²) in [5.41, 5.74) is -1.17. The standard InChI is InChI=1S/C25H46O2/c1-4-5-6-7-8-9-10-11-12-13-14-15-16-17-18-19-23-20-21-24(2,26)25(3,27)22-23/h20-22,26-27H,4-19H2,1-3H3. The van der Waals surface area contributed by atoms with E-state index in [-0.39, 0.29) is 0 Å². The van der Waals surface area contributed by atoms with Gasteiger partial charge in [0.15, 0.2) is 0 Å². The van der Waals surface area contributed by atoms with Crippen molar-refractivity contribution in [3.63, 3.8) is 0 Å². The number of allylic oxidation sites excluding steroid dienone is 2. The van der Waals surface area contributed by atoms with Crippen molar-refractivity contribution < 1.29 is 10.2 Å². The molecule has 0 radical (unpaired) electrons. The Morgan fingerprint density at radius 2 is 1.04 bits per heavy atom. The van der Waals surface area contributed by atoms with Gasteiger partial charge in [-0.05, 0) is 44.4 Å². The van der Waals surface area contributed by atoms with Gasteiger partial charge in [0.2, 0.25) is 0 Å². The molecule has 27 heavy (non-hydrogen) atoms. The van der Waals surface area contributed by atoms with Gasteiger partial charge in [0, 0.05) is 0 Å². The summed E-state index contributed by atoms with van der Waals surface area (Å²) < 4.78 is 0. The number of aliphatic hydroxyl groups is 2. The van der Waals surface area contributed by atoms with Gasteiger partial charge in [-0.3, -0.25) is 0 Å². The minimum absolute atomic E-state index is 1.00. The molecular weight excluding hydrogens is 332 g/mol. The van der Waals surface area contributed by atoms with E-state index >= 15 is 0 Å². The molecule has 2 N–H and O–H groups in total. The van der Waals surface area contributed by atoms with E-state index in [1.54, 1.807) is 19.9 Å². The van der Waals surface area contributed by atoms with Gasteiger partial charge < -0.3 is 10.2 Å². The number of hydrogen-bond acceptors (Lipinski definition) is 2. The summed E-state index contributed by atoms with van der Waals surface area (Å²) in [5, 5.41) is 20.5. The molecule has 2 atom stereocenters. The third kappa shape index (κ3) is 10.5. The zero-order valence-corrected chi connectivity index (χ0v) is 18.4. The monoisotopic (exact) mass is 378 g/mol. The Labute approximate surface area is 169 Å². The zero-order chi connectivity index (χ0) is 20.0. The van der Waals surface area contributed by atoms with Crippen molar-refractivity contribution in [2.75, 3.05) is 0 Å². The molecule has 0 saturated carbocycles. The predicted octanol–water partition coefficient (Wildman–Crippen LogP) is 7.25. The first kappa shape index (κ1) is 24.4. The first-order valence-corrected chi connectivity index (χ1v) is 11.7. The van der Waals surface area contributed by atoms with Crippen molar-refractivity contribution in [3.05, 3.63) is 23.8 Å². The average Bonchev–Trinajstić information content (AvgIpc) is 2.61. The smallest absolute Gasteiger partial charge is 0.112 e. The second kappa shape index (κ2) is 13.6. The van der Waals surface area contributed by atoms with Gasteiger partial charge in [0.1, 0.15) is 11.2 Å². The molecule has 2 unspecified atom stereocenters. The average molecular weight is 379 g/mol. The van der Waals surface area contributed by atoms with Crippen molar-refractivity contribution in [2.24, 2.45) is 0 Å². The van der Waals surface area contributed by atoms with Gasteiger partial charge >= 0.3 is 0 Å². The van der Waals surface area contributed by atoms with Crippen molar-refractivity contribution in [2.45, 2.75) is 135 Å². The largest absolute Gasteiger partial charge is 0.383 e. The molecule has 0 aromatic heterocycles. The molecule has 0 fully saturated rings. The molecule has 158 valence electrons. The van der Waals surface area contributed by atoms with Crippen LogP contribution in [0.1, 0.15) is 124 Å². The first-order chi connectivity index (χ1) is 12.9. The SMILES string of the molecule is CCCCCCCCCCCCCCCCCC1=CC(C)(O)C(C)(O)C=C1. The minimum Gasteiger partial charge on any atom is -0.383 e. The fourth-order valence-corrected chi connectivity index (χ4v) is 3.85. The number of hydrogen-bond donors (Lipinski definition) is 2. The highest BCUT2D eigenvalue weighted by Gasteiger charge is 2.39. The van der Waals surface area contributed by atoms with Crippen LogP contribution >= 0.6 is 0 Å². The molecule has 2 nitrogen and oxygen atoms in total. The second-order valence-corrected chi connectivity index (χ2v) is 9.05. The molecule has 0 aliphatic heterocycles. The Balaban J connectivity index is 1.89. The Hall–Kier alpha value is -0.600. The van der Waals surface area contributed by atoms with Crippen LogP contribution in [-0.4, -0.2) is 21.4 Å². The maximum atomic E-state index is 10.3. The van der Waals surface area contributed by atoms with E-state index in [4.69, 9.17) is 0 Å². The first-order valence-electron chi connectivity index (χ1n) is 11.7. The van der Waals surface area contributed by atoms with E-state index in [0.717, 1.165) is 12.0 Å². The lowest BCUT2D eigenvalue weighted by molar-refractivity contribution is -0.0705. The van der Waals surface area contributed by atoms with Gasteiger partial charge in [-0.2, -0.15) is 0 Å². The van der Waals surface area contributed by atoms with Crippen molar-refractivity contribution >= 4 is 0 Å². The molecule has 1 aliphatic carbocycles. The summed E-state index contributed by atoms with van der Waals surface area (Å²) in [6.45, 7) is 5.62. The van der Waals surface area contributed by atoms with Crippen molar-refractivity contribution in [1.82, 2.24) is 0 Å². The van der Waals surface area contributed by atoms with Crippen LogP contribution < -0.4 is 0 Å². The second-order valence-electron chi connectivity index (χ2n) is 9.05. The lowest BCUT2D eigenvalue weighted by Gasteiger charge is -2.37. The third-order valence-electron chi connectivity index (χ3n) is 6.18. The lowest BCUT2D eigenvalue weighted by atomic mass is 9.79. The van der Waals surface area contributed by atoms with Gasteiger partial charge in [-0.15, -0.1) is 0 Å². The molecular formula is C25H46O2. The van der Waals surface area contributed by atoms with Crippen LogP contribution in [0.3, 0.4) is 0 Å². The molecule has 0 saturated heterocycles. The summed E-state index contributed by atoms with van der Waals surface area (Å²) in [4.78, 5) is 0. The van der Waals surface area contributed by atoms with Gasteiger partial charge in [-0.1, -0.05) is 103 Å². The fourth-order valence-electron chi connectivity index (χ4n) is 3.85. The molecule has 0 heterocycles. The number of unbranched alkanes of at least 4 members (excludes halogenated alkanes) is 14. The molecule has 1 rings (SSSR count). The van der Waals surface area contributed by atoms with Crippen LogP contribution in [0.2, 0.25) is 0 Å². The maximum absolute atomic E-state index is 10.3. The summed E-state index contributed by atoms with van der Waals surface area (Å²) in [6, 6.07) is 0. The van der Waals surface area contributed by atoms with Crippen molar-refractivity contribution in [1.29, 1.82) is 0 Å². The van der Waals surface area contributed by atoms with E-state index in [1.807, 2.05) is 12.2 Å². The number of rotatable bonds is 16. The van der Waals surface area contributed by atoms with E-state index < -0.39 is 11.2 Å². The van der Waals surface area contributed by atoms with E-state index in [1.165, 1.54) is 96.3 Å². The Bertz CT molecular complexity index is 432. The minimum atomic E-state index is -1.16. The van der Waals surface area contributed by atoms with Crippen molar-refractivity contribution in [3.8, 4) is 0 Å². The Morgan fingerprint density at radius 3 is 1.44 bits per heavy atom. The molecule has 0 aromatic rings. The van der Waals surface area contributed by atoms with Crippen LogP contribution in [0, 0.1) is 0 Å². The molecule has 0 amide bonds. The Morgan fingerprint density at radius 1 is 0.630 bits per heavy atom.